The minimum absolute atomic E-state index is 0.0744. The van der Waals surface area contributed by atoms with Crippen LogP contribution >= 0.6 is 0 Å². The first-order valence-electron chi connectivity index (χ1n) is 3.49. The van der Waals surface area contributed by atoms with Crippen LogP contribution in [-0.4, -0.2) is 21.8 Å². The molecule has 3 N–H and O–H groups in total. The number of aromatic nitrogens is 3. The molecule has 0 saturated carbocycles. The number of nitrogens with zero attached hydrogens (tertiary/aromatic N) is 3. The molecule has 0 aromatic carbocycles. The molecule has 0 aliphatic rings. The molecule has 0 bridgehead atoms. The first-order chi connectivity index (χ1) is 5.16. The van der Waals surface area contributed by atoms with E-state index in [-0.39, 0.29) is 6.04 Å². The van der Waals surface area contributed by atoms with Gasteiger partial charge >= 0.3 is 0 Å². The van der Waals surface area contributed by atoms with Crippen LogP contribution in [0.3, 0.4) is 0 Å². The fourth-order valence-electron chi connectivity index (χ4n) is 0.955. The molecule has 5 heteroatoms. The third-order valence-corrected chi connectivity index (χ3v) is 1.54. The molecular weight excluding hydrogens is 142 g/mol. The van der Waals surface area contributed by atoms with Gasteiger partial charge in [0.2, 0.25) is 5.95 Å². The topological polar surface area (TPSA) is 68.8 Å². The number of hydrogen-bond acceptors (Lipinski definition) is 4. The lowest BCUT2D eigenvalue weighted by Crippen LogP contribution is -2.12. The maximum Gasteiger partial charge on any atom is 0.224 e. The summed E-state index contributed by atoms with van der Waals surface area (Å²) in [6.45, 7) is 1.88. The Kier molecular flexibility index (Phi) is 2.09. The Morgan fingerprint density at radius 3 is 2.45 bits per heavy atom. The zero-order chi connectivity index (χ0) is 8.43. The summed E-state index contributed by atoms with van der Waals surface area (Å²) in [6, 6.07) is -0.0744. The van der Waals surface area contributed by atoms with E-state index in [0.717, 1.165) is 11.8 Å². The standard InChI is InChI=1S/C6H13N5/c1-4(7)5-9-10-6(8-2)11(5)3/h4H,7H2,1-3H3,(H,8,10). The van der Waals surface area contributed by atoms with Gasteiger partial charge in [-0.25, -0.2) is 0 Å². The predicted molar refractivity (Wildman–Crippen MR) is 43.2 cm³/mol. The van der Waals surface area contributed by atoms with Crippen LogP contribution in [0.4, 0.5) is 5.95 Å². The van der Waals surface area contributed by atoms with Gasteiger partial charge in [0.25, 0.3) is 0 Å². The average Bonchev–Trinajstić information content (AvgIpc) is 2.30. The molecule has 0 aliphatic heterocycles. The first kappa shape index (κ1) is 8.00. The Labute approximate surface area is 65.6 Å². The van der Waals surface area contributed by atoms with Gasteiger partial charge < -0.3 is 11.1 Å². The maximum atomic E-state index is 5.63. The van der Waals surface area contributed by atoms with Crippen LogP contribution in [0.1, 0.15) is 18.8 Å². The Balaban J connectivity index is 3.00. The van der Waals surface area contributed by atoms with E-state index in [2.05, 4.69) is 15.5 Å². The summed E-state index contributed by atoms with van der Waals surface area (Å²) in [5.41, 5.74) is 5.63. The second-order valence-corrected chi connectivity index (χ2v) is 2.48. The summed E-state index contributed by atoms with van der Waals surface area (Å²) in [7, 11) is 3.68. The summed E-state index contributed by atoms with van der Waals surface area (Å²) in [6.07, 6.45) is 0. The van der Waals surface area contributed by atoms with E-state index in [0.29, 0.717) is 0 Å². The van der Waals surface area contributed by atoms with Crippen molar-refractivity contribution in [3.8, 4) is 0 Å². The minimum Gasteiger partial charge on any atom is -0.357 e. The predicted octanol–water partition coefficient (Wildman–Crippen LogP) is -0.124. The van der Waals surface area contributed by atoms with E-state index in [4.69, 9.17) is 5.73 Å². The molecule has 5 nitrogen and oxygen atoms in total. The fourth-order valence-corrected chi connectivity index (χ4v) is 0.955. The van der Waals surface area contributed by atoms with Gasteiger partial charge in [0, 0.05) is 14.1 Å². The fraction of sp³-hybridized carbons (Fsp3) is 0.667. The molecule has 0 amide bonds. The van der Waals surface area contributed by atoms with E-state index < -0.39 is 0 Å². The molecule has 1 heterocycles. The van der Waals surface area contributed by atoms with E-state index in [9.17, 15) is 0 Å². The Morgan fingerprint density at radius 2 is 2.18 bits per heavy atom. The number of hydrogen-bond donors (Lipinski definition) is 2. The minimum atomic E-state index is -0.0744. The Hall–Kier alpha value is -1.10. The lowest BCUT2D eigenvalue weighted by molar-refractivity contribution is 0.686. The molecule has 0 saturated heterocycles. The second kappa shape index (κ2) is 2.87. The van der Waals surface area contributed by atoms with Crippen LogP contribution in [0.5, 0.6) is 0 Å². The van der Waals surface area contributed by atoms with Gasteiger partial charge in [0.05, 0.1) is 6.04 Å². The van der Waals surface area contributed by atoms with Gasteiger partial charge in [-0.3, -0.25) is 4.57 Å². The number of nitrogens with two attached hydrogens (primary N) is 1. The van der Waals surface area contributed by atoms with Crippen LogP contribution in [0.2, 0.25) is 0 Å². The van der Waals surface area contributed by atoms with Crippen LogP contribution in [0, 0.1) is 0 Å². The van der Waals surface area contributed by atoms with Crippen LogP contribution in [0.25, 0.3) is 0 Å². The Bertz CT molecular complexity index is 239. The van der Waals surface area contributed by atoms with Gasteiger partial charge in [-0.2, -0.15) is 0 Å². The molecule has 0 radical (unpaired) electrons. The zero-order valence-electron chi connectivity index (χ0n) is 7.00. The normalized spacial score (nSPS) is 13.1. The number of rotatable bonds is 2. The average molecular weight is 155 g/mol. The quantitative estimate of drug-likeness (QED) is 0.624. The van der Waals surface area contributed by atoms with Crippen molar-refractivity contribution in [3.05, 3.63) is 5.82 Å². The van der Waals surface area contributed by atoms with E-state index in [1.165, 1.54) is 0 Å². The van der Waals surface area contributed by atoms with Gasteiger partial charge in [0.1, 0.15) is 0 Å². The van der Waals surface area contributed by atoms with E-state index in [1.807, 2.05) is 18.5 Å². The second-order valence-electron chi connectivity index (χ2n) is 2.48. The van der Waals surface area contributed by atoms with Crippen molar-refractivity contribution in [2.75, 3.05) is 12.4 Å². The molecule has 1 atom stereocenters. The summed E-state index contributed by atoms with van der Waals surface area (Å²) >= 11 is 0. The van der Waals surface area contributed by atoms with Crippen LogP contribution < -0.4 is 11.1 Å². The summed E-state index contributed by atoms with van der Waals surface area (Å²) in [4.78, 5) is 0. The van der Waals surface area contributed by atoms with Crippen molar-refractivity contribution >= 4 is 5.95 Å². The SMILES string of the molecule is CNc1nnc(C(C)N)n1C. The highest BCUT2D eigenvalue weighted by atomic mass is 15.3. The van der Waals surface area contributed by atoms with Crippen LogP contribution in [-0.2, 0) is 7.05 Å². The third-order valence-electron chi connectivity index (χ3n) is 1.54. The number of nitrogens with one attached hydrogen (secondary N) is 1. The molecule has 1 unspecified atom stereocenters. The van der Waals surface area contributed by atoms with Gasteiger partial charge in [0.15, 0.2) is 5.82 Å². The molecule has 62 valence electrons. The highest BCUT2D eigenvalue weighted by Gasteiger charge is 2.09. The van der Waals surface area contributed by atoms with Crippen molar-refractivity contribution in [2.45, 2.75) is 13.0 Å². The maximum absolute atomic E-state index is 5.63. The lowest BCUT2D eigenvalue weighted by atomic mass is 10.3. The Morgan fingerprint density at radius 1 is 1.55 bits per heavy atom. The molecule has 0 fully saturated rings. The monoisotopic (exact) mass is 155 g/mol. The van der Waals surface area contributed by atoms with E-state index >= 15 is 0 Å². The van der Waals surface area contributed by atoms with Crippen molar-refractivity contribution in [1.82, 2.24) is 14.8 Å². The highest BCUT2D eigenvalue weighted by molar-refractivity contribution is 5.24. The van der Waals surface area contributed by atoms with Crippen molar-refractivity contribution < 1.29 is 0 Å². The zero-order valence-corrected chi connectivity index (χ0v) is 7.00. The molecule has 1 aromatic rings. The largest absolute Gasteiger partial charge is 0.357 e. The van der Waals surface area contributed by atoms with E-state index in [1.54, 1.807) is 7.05 Å². The molecule has 1 rings (SSSR count). The molecule has 0 spiro atoms. The highest BCUT2D eigenvalue weighted by Crippen LogP contribution is 2.09. The van der Waals surface area contributed by atoms with Crippen molar-refractivity contribution in [2.24, 2.45) is 12.8 Å². The smallest absolute Gasteiger partial charge is 0.224 e. The summed E-state index contributed by atoms with van der Waals surface area (Å²) in [5.74, 6) is 1.52. The van der Waals surface area contributed by atoms with Crippen molar-refractivity contribution in [1.29, 1.82) is 0 Å². The van der Waals surface area contributed by atoms with Gasteiger partial charge in [-0.1, -0.05) is 0 Å². The van der Waals surface area contributed by atoms with Crippen molar-refractivity contribution in [3.63, 3.8) is 0 Å². The van der Waals surface area contributed by atoms with Gasteiger partial charge in [-0.05, 0) is 6.92 Å². The number of anilines is 1. The summed E-state index contributed by atoms with van der Waals surface area (Å²) < 4.78 is 1.84. The third kappa shape index (κ3) is 1.32. The molecule has 0 aliphatic carbocycles. The first-order valence-corrected chi connectivity index (χ1v) is 3.49. The lowest BCUT2D eigenvalue weighted by Gasteiger charge is -2.04. The molecular formula is C6H13N5. The summed E-state index contributed by atoms with van der Waals surface area (Å²) in [5, 5.41) is 10.7. The van der Waals surface area contributed by atoms with Crippen LogP contribution in [0.15, 0.2) is 0 Å². The molecule has 11 heavy (non-hydrogen) atoms. The van der Waals surface area contributed by atoms with Gasteiger partial charge in [-0.15, -0.1) is 10.2 Å². The molecule has 1 aromatic heterocycles.